The van der Waals surface area contributed by atoms with Crippen molar-refractivity contribution < 1.29 is 9.90 Å². The zero-order valence-corrected chi connectivity index (χ0v) is 11.6. The molecule has 0 bridgehead atoms. The van der Waals surface area contributed by atoms with Gasteiger partial charge in [-0.05, 0) is 24.5 Å². The smallest absolute Gasteiger partial charge is 0.338 e. The first-order valence-electron chi connectivity index (χ1n) is 5.74. The van der Waals surface area contributed by atoms with Crippen LogP contribution in [0.2, 0.25) is 0 Å². The molecule has 1 heterocycles. The van der Waals surface area contributed by atoms with E-state index in [-0.39, 0.29) is 0 Å². The molecule has 1 aromatic carbocycles. The molecule has 6 heteroatoms. The number of aromatic carboxylic acids is 1. The van der Waals surface area contributed by atoms with Crippen LogP contribution in [0.4, 0.5) is 5.69 Å². The molecule has 2 rings (SSSR count). The molecule has 0 saturated carbocycles. The van der Waals surface area contributed by atoms with Crippen molar-refractivity contribution in [3.05, 3.63) is 41.7 Å². The molecular weight excluding hydrogens is 262 g/mol. The highest BCUT2D eigenvalue weighted by atomic mass is 32.2. The van der Waals surface area contributed by atoms with Gasteiger partial charge in [-0.15, -0.1) is 11.8 Å². The van der Waals surface area contributed by atoms with Gasteiger partial charge in [-0.2, -0.15) is 5.10 Å². The van der Waals surface area contributed by atoms with Crippen LogP contribution in [0.15, 0.2) is 35.4 Å². The quantitative estimate of drug-likeness (QED) is 0.822. The molecule has 0 unspecified atom stereocenters. The van der Waals surface area contributed by atoms with Crippen LogP contribution in [0.25, 0.3) is 0 Å². The summed E-state index contributed by atoms with van der Waals surface area (Å²) in [5, 5.41) is 16.7. The van der Waals surface area contributed by atoms with Crippen molar-refractivity contribution in [2.75, 3.05) is 11.6 Å². The van der Waals surface area contributed by atoms with E-state index >= 15 is 0 Å². The van der Waals surface area contributed by atoms with Gasteiger partial charge in [0.1, 0.15) is 0 Å². The SMILES string of the molecule is CSc1cccc(NCc2ccn(C)n2)c1C(=O)O. The normalized spacial score (nSPS) is 10.4. The van der Waals surface area contributed by atoms with Crippen molar-refractivity contribution in [1.82, 2.24) is 9.78 Å². The van der Waals surface area contributed by atoms with Gasteiger partial charge in [0.05, 0.1) is 23.5 Å². The van der Waals surface area contributed by atoms with Crippen LogP contribution < -0.4 is 5.32 Å². The van der Waals surface area contributed by atoms with E-state index in [1.807, 2.05) is 31.6 Å². The number of benzene rings is 1. The molecule has 19 heavy (non-hydrogen) atoms. The van der Waals surface area contributed by atoms with Crippen LogP contribution in [-0.4, -0.2) is 27.1 Å². The van der Waals surface area contributed by atoms with Gasteiger partial charge >= 0.3 is 5.97 Å². The summed E-state index contributed by atoms with van der Waals surface area (Å²) in [6, 6.07) is 7.32. The molecule has 0 aliphatic rings. The third kappa shape index (κ3) is 3.08. The Bertz CT molecular complexity index is 595. The number of carboxylic acid groups (broad SMARTS) is 1. The number of nitrogens with one attached hydrogen (secondary N) is 1. The van der Waals surface area contributed by atoms with Gasteiger partial charge in [0.25, 0.3) is 0 Å². The maximum absolute atomic E-state index is 11.3. The highest BCUT2D eigenvalue weighted by Gasteiger charge is 2.14. The molecule has 0 spiro atoms. The summed E-state index contributed by atoms with van der Waals surface area (Å²) in [7, 11) is 1.85. The number of hydrogen-bond acceptors (Lipinski definition) is 4. The fourth-order valence-corrected chi connectivity index (χ4v) is 2.43. The molecule has 0 aliphatic carbocycles. The lowest BCUT2D eigenvalue weighted by atomic mass is 10.1. The van der Waals surface area contributed by atoms with Gasteiger partial charge in [-0.25, -0.2) is 4.79 Å². The predicted octanol–water partition coefficient (Wildman–Crippen LogP) is 2.45. The van der Waals surface area contributed by atoms with E-state index in [9.17, 15) is 9.90 Å². The van der Waals surface area contributed by atoms with E-state index in [2.05, 4.69) is 10.4 Å². The van der Waals surface area contributed by atoms with Crippen molar-refractivity contribution >= 4 is 23.4 Å². The van der Waals surface area contributed by atoms with Crippen LogP contribution in [0.1, 0.15) is 16.1 Å². The molecule has 5 nitrogen and oxygen atoms in total. The molecule has 0 aliphatic heterocycles. The van der Waals surface area contributed by atoms with E-state index in [1.165, 1.54) is 11.8 Å². The number of nitrogens with zero attached hydrogens (tertiary/aromatic N) is 2. The molecule has 0 atom stereocenters. The minimum atomic E-state index is -0.923. The lowest BCUT2D eigenvalue weighted by Gasteiger charge is -2.11. The summed E-state index contributed by atoms with van der Waals surface area (Å²) in [5.41, 5.74) is 1.80. The highest BCUT2D eigenvalue weighted by Crippen LogP contribution is 2.27. The largest absolute Gasteiger partial charge is 0.478 e. The Kier molecular flexibility index (Phi) is 4.11. The monoisotopic (exact) mass is 277 g/mol. The second-order valence-corrected chi connectivity index (χ2v) is 4.87. The Labute approximate surface area is 115 Å². The molecule has 0 radical (unpaired) electrons. The first kappa shape index (κ1) is 13.5. The second kappa shape index (κ2) is 5.79. The Morgan fingerprint density at radius 2 is 2.26 bits per heavy atom. The van der Waals surface area contributed by atoms with Gasteiger partial charge in [-0.3, -0.25) is 4.68 Å². The third-order valence-corrected chi connectivity index (χ3v) is 3.47. The summed E-state index contributed by atoms with van der Waals surface area (Å²) in [6.45, 7) is 0.499. The maximum atomic E-state index is 11.3. The van der Waals surface area contributed by atoms with Crippen LogP contribution in [0.5, 0.6) is 0 Å². The van der Waals surface area contributed by atoms with Crippen molar-refractivity contribution in [2.24, 2.45) is 7.05 Å². The second-order valence-electron chi connectivity index (χ2n) is 4.02. The van der Waals surface area contributed by atoms with Crippen LogP contribution in [0, 0.1) is 0 Å². The van der Waals surface area contributed by atoms with Crippen molar-refractivity contribution in [1.29, 1.82) is 0 Å². The van der Waals surface area contributed by atoms with Crippen LogP contribution in [-0.2, 0) is 13.6 Å². The number of thioether (sulfide) groups is 1. The summed E-state index contributed by atoms with van der Waals surface area (Å²) in [5.74, 6) is -0.923. The lowest BCUT2D eigenvalue weighted by Crippen LogP contribution is -2.08. The Morgan fingerprint density at radius 1 is 1.47 bits per heavy atom. The topological polar surface area (TPSA) is 67.2 Å². The van der Waals surface area contributed by atoms with Crippen molar-refractivity contribution in [3.63, 3.8) is 0 Å². The minimum absolute atomic E-state index is 0.311. The van der Waals surface area contributed by atoms with Gasteiger partial charge in [-0.1, -0.05) is 6.07 Å². The lowest BCUT2D eigenvalue weighted by molar-refractivity contribution is 0.0694. The zero-order chi connectivity index (χ0) is 13.8. The molecular formula is C13H15N3O2S. The Morgan fingerprint density at radius 3 is 2.84 bits per heavy atom. The predicted molar refractivity (Wildman–Crippen MR) is 75.7 cm³/mol. The third-order valence-electron chi connectivity index (χ3n) is 2.69. The number of carbonyl (C=O) groups is 1. The van der Waals surface area contributed by atoms with Crippen molar-refractivity contribution in [2.45, 2.75) is 11.4 Å². The van der Waals surface area contributed by atoms with E-state index in [0.717, 1.165) is 10.6 Å². The number of aromatic nitrogens is 2. The minimum Gasteiger partial charge on any atom is -0.478 e. The molecule has 0 saturated heterocycles. The number of aryl methyl sites for hydroxylation is 1. The average molecular weight is 277 g/mol. The van der Waals surface area contributed by atoms with Crippen LogP contribution in [0.3, 0.4) is 0 Å². The van der Waals surface area contributed by atoms with Gasteiger partial charge in [0.2, 0.25) is 0 Å². The fraction of sp³-hybridized carbons (Fsp3) is 0.231. The summed E-state index contributed by atoms with van der Waals surface area (Å²) in [4.78, 5) is 12.1. The van der Waals surface area contributed by atoms with Crippen molar-refractivity contribution in [3.8, 4) is 0 Å². The van der Waals surface area contributed by atoms with E-state index in [0.29, 0.717) is 17.8 Å². The van der Waals surface area contributed by atoms with Gasteiger partial charge < -0.3 is 10.4 Å². The summed E-state index contributed by atoms with van der Waals surface area (Å²) in [6.07, 6.45) is 3.72. The number of anilines is 1. The number of rotatable bonds is 5. The number of hydrogen-bond donors (Lipinski definition) is 2. The zero-order valence-electron chi connectivity index (χ0n) is 10.8. The molecule has 2 N–H and O–H groups in total. The summed E-state index contributed by atoms with van der Waals surface area (Å²) < 4.78 is 1.72. The first-order valence-corrected chi connectivity index (χ1v) is 6.97. The molecule has 0 amide bonds. The maximum Gasteiger partial charge on any atom is 0.338 e. The Balaban J connectivity index is 2.22. The molecule has 0 fully saturated rings. The van der Waals surface area contributed by atoms with E-state index in [4.69, 9.17) is 0 Å². The first-order chi connectivity index (χ1) is 9.11. The fourth-order valence-electron chi connectivity index (χ4n) is 1.81. The molecule has 2 aromatic rings. The molecule has 100 valence electrons. The summed E-state index contributed by atoms with van der Waals surface area (Å²) >= 11 is 1.42. The highest BCUT2D eigenvalue weighted by molar-refractivity contribution is 7.98. The molecule has 1 aromatic heterocycles. The van der Waals surface area contributed by atoms with Gasteiger partial charge in [0.15, 0.2) is 0 Å². The standard InChI is InChI=1S/C13H15N3O2S/c1-16-7-6-9(15-16)8-14-10-4-3-5-11(19-2)12(10)13(17)18/h3-7,14H,8H2,1-2H3,(H,17,18). The van der Waals surface area contributed by atoms with E-state index < -0.39 is 5.97 Å². The Hall–Kier alpha value is -1.95. The average Bonchev–Trinajstić information content (AvgIpc) is 2.81. The van der Waals surface area contributed by atoms with Crippen LogP contribution >= 0.6 is 11.8 Å². The number of carboxylic acids is 1. The van der Waals surface area contributed by atoms with E-state index in [1.54, 1.807) is 16.8 Å². The van der Waals surface area contributed by atoms with Gasteiger partial charge in [0, 0.05) is 18.1 Å².